The summed E-state index contributed by atoms with van der Waals surface area (Å²) in [6.07, 6.45) is 0. The third-order valence-electron chi connectivity index (χ3n) is 4.51. The van der Waals surface area contributed by atoms with Gasteiger partial charge in [0.15, 0.2) is 0 Å². The van der Waals surface area contributed by atoms with Crippen molar-refractivity contribution < 1.29 is 9.47 Å². The van der Waals surface area contributed by atoms with Gasteiger partial charge in [-0.15, -0.1) is 0 Å². The molecule has 0 fully saturated rings. The van der Waals surface area contributed by atoms with Crippen molar-refractivity contribution in [1.82, 2.24) is 0 Å². The van der Waals surface area contributed by atoms with Crippen molar-refractivity contribution in [2.75, 3.05) is 14.2 Å². The van der Waals surface area contributed by atoms with Crippen LogP contribution in [-0.4, -0.2) is 29.7 Å². The molecule has 110 valence electrons. The van der Waals surface area contributed by atoms with Gasteiger partial charge in [0, 0.05) is 14.2 Å². The fourth-order valence-corrected chi connectivity index (χ4v) is 4.99. The normalized spacial score (nSPS) is 12.7. The van der Waals surface area contributed by atoms with Crippen molar-refractivity contribution in [2.24, 2.45) is 0 Å². The zero-order valence-corrected chi connectivity index (χ0v) is 14.2. The van der Waals surface area contributed by atoms with Gasteiger partial charge in [-0.3, -0.25) is 0 Å². The molecule has 0 aliphatic carbocycles. The highest BCUT2D eigenvalue weighted by Gasteiger charge is 2.15. The van der Waals surface area contributed by atoms with Gasteiger partial charge in [-0.1, -0.05) is 59.8 Å². The van der Waals surface area contributed by atoms with Crippen molar-refractivity contribution in [3.63, 3.8) is 0 Å². The second-order valence-electron chi connectivity index (χ2n) is 5.69. The molecule has 0 aliphatic heterocycles. The van der Waals surface area contributed by atoms with Crippen LogP contribution >= 0.6 is 0 Å². The lowest BCUT2D eigenvalue weighted by molar-refractivity contribution is -0.0429. The van der Waals surface area contributed by atoms with E-state index in [2.05, 4.69) is 54.6 Å². The summed E-state index contributed by atoms with van der Waals surface area (Å²) in [5.41, 5.74) is 0. The van der Waals surface area contributed by atoms with Gasteiger partial charge in [0.1, 0.15) is 15.4 Å². The largest absolute Gasteiger partial charge is 0.360 e. The SMILES string of the molecule is COC(OC)[SiH2]c1cc2cccc3ccc4cccc1c4c32. The van der Waals surface area contributed by atoms with E-state index in [1.807, 2.05) is 0 Å². The summed E-state index contributed by atoms with van der Waals surface area (Å²) in [4.78, 5) is 0. The Morgan fingerprint density at radius 3 is 2.14 bits per heavy atom. The lowest BCUT2D eigenvalue weighted by atomic mass is 9.94. The second kappa shape index (κ2) is 5.36. The van der Waals surface area contributed by atoms with Gasteiger partial charge in [0.2, 0.25) is 0 Å². The maximum Gasteiger partial charge on any atom is 0.139 e. The Kier molecular flexibility index (Phi) is 3.34. The van der Waals surface area contributed by atoms with Gasteiger partial charge >= 0.3 is 0 Å². The molecule has 22 heavy (non-hydrogen) atoms. The molecule has 0 saturated heterocycles. The molecule has 0 N–H and O–H groups in total. The molecule has 0 aromatic heterocycles. The molecule has 0 atom stereocenters. The molecule has 4 rings (SSSR count). The number of hydrogen-bond donors (Lipinski definition) is 0. The highest BCUT2D eigenvalue weighted by molar-refractivity contribution is 6.59. The molecular formula is C19H18O2Si. The maximum atomic E-state index is 5.46. The van der Waals surface area contributed by atoms with Crippen molar-refractivity contribution in [2.45, 2.75) is 5.91 Å². The summed E-state index contributed by atoms with van der Waals surface area (Å²) in [6, 6.07) is 19.9. The van der Waals surface area contributed by atoms with Crippen LogP contribution in [0, 0.1) is 0 Å². The van der Waals surface area contributed by atoms with E-state index >= 15 is 0 Å². The average molecular weight is 306 g/mol. The maximum absolute atomic E-state index is 5.46. The Morgan fingerprint density at radius 1 is 0.773 bits per heavy atom. The van der Waals surface area contributed by atoms with Gasteiger partial charge in [0.25, 0.3) is 0 Å². The van der Waals surface area contributed by atoms with Crippen LogP contribution in [0.15, 0.2) is 54.6 Å². The predicted molar refractivity (Wildman–Crippen MR) is 96.1 cm³/mol. The standard InChI is InChI=1S/C19H18O2Si/c1-20-19(21-2)22-16-11-14-7-3-5-12-9-10-13-6-4-8-15(16)18(13)17(12)14/h3-11,19H,22H2,1-2H3. The third kappa shape index (κ3) is 2.02. The predicted octanol–water partition coefficient (Wildman–Crippen LogP) is 2.95. The van der Waals surface area contributed by atoms with E-state index < -0.39 is 9.52 Å². The lowest BCUT2D eigenvalue weighted by Gasteiger charge is -2.17. The smallest absolute Gasteiger partial charge is 0.139 e. The van der Waals surface area contributed by atoms with Gasteiger partial charge in [-0.2, -0.15) is 0 Å². The van der Waals surface area contributed by atoms with E-state index in [9.17, 15) is 0 Å². The van der Waals surface area contributed by atoms with Crippen LogP contribution in [-0.2, 0) is 9.47 Å². The zero-order chi connectivity index (χ0) is 15.1. The minimum atomic E-state index is -0.680. The number of hydrogen-bond acceptors (Lipinski definition) is 2. The summed E-state index contributed by atoms with van der Waals surface area (Å²) in [6.45, 7) is 0. The van der Waals surface area contributed by atoms with Crippen molar-refractivity contribution in [3.05, 3.63) is 54.6 Å². The zero-order valence-electron chi connectivity index (χ0n) is 12.8. The summed E-state index contributed by atoms with van der Waals surface area (Å²) in [5, 5.41) is 9.45. The minimum Gasteiger partial charge on any atom is -0.360 e. The van der Waals surface area contributed by atoms with E-state index in [1.54, 1.807) is 14.2 Å². The molecule has 2 nitrogen and oxygen atoms in total. The van der Waals surface area contributed by atoms with Crippen LogP contribution in [0.3, 0.4) is 0 Å². The molecule has 4 aromatic rings. The molecule has 0 heterocycles. The number of methoxy groups -OCH3 is 2. The third-order valence-corrected chi connectivity index (χ3v) is 6.53. The first kappa shape index (κ1) is 13.7. The van der Waals surface area contributed by atoms with Gasteiger partial charge < -0.3 is 9.47 Å². The van der Waals surface area contributed by atoms with Crippen LogP contribution in [0.4, 0.5) is 0 Å². The van der Waals surface area contributed by atoms with Crippen LogP contribution in [0.2, 0.25) is 0 Å². The van der Waals surface area contributed by atoms with E-state index in [0.29, 0.717) is 0 Å². The van der Waals surface area contributed by atoms with E-state index in [4.69, 9.17) is 9.47 Å². The second-order valence-corrected chi connectivity index (χ2v) is 7.53. The molecule has 0 spiro atoms. The lowest BCUT2D eigenvalue weighted by Crippen LogP contribution is -2.31. The van der Waals surface area contributed by atoms with E-state index in [0.717, 1.165) is 0 Å². The quantitative estimate of drug-likeness (QED) is 0.328. The molecule has 0 amide bonds. The number of rotatable bonds is 4. The fourth-order valence-electron chi connectivity index (χ4n) is 3.45. The number of ether oxygens (including phenoxy) is 2. The summed E-state index contributed by atoms with van der Waals surface area (Å²) < 4.78 is 10.9. The molecule has 3 heteroatoms. The molecule has 0 unspecified atom stereocenters. The molecule has 0 aliphatic rings. The Bertz CT molecular complexity index is 944. The van der Waals surface area contributed by atoms with Crippen LogP contribution in [0.5, 0.6) is 0 Å². The Balaban J connectivity index is 2.08. The Labute approximate surface area is 131 Å². The van der Waals surface area contributed by atoms with Crippen molar-refractivity contribution >= 4 is 47.0 Å². The molecule has 0 saturated carbocycles. The average Bonchev–Trinajstić information content (AvgIpc) is 2.58. The van der Waals surface area contributed by atoms with E-state index in [1.165, 1.54) is 37.5 Å². The first-order valence-corrected chi connectivity index (χ1v) is 9.05. The molecule has 4 aromatic carbocycles. The van der Waals surface area contributed by atoms with Crippen LogP contribution in [0.1, 0.15) is 0 Å². The molecule has 0 radical (unpaired) electrons. The van der Waals surface area contributed by atoms with Gasteiger partial charge in [0.05, 0.1) is 0 Å². The van der Waals surface area contributed by atoms with Gasteiger partial charge in [-0.05, 0) is 32.3 Å². The van der Waals surface area contributed by atoms with Crippen molar-refractivity contribution in [1.29, 1.82) is 0 Å². The summed E-state index contributed by atoms with van der Waals surface area (Å²) >= 11 is 0. The van der Waals surface area contributed by atoms with E-state index in [-0.39, 0.29) is 5.91 Å². The Hall–Kier alpha value is -1.94. The first-order chi connectivity index (χ1) is 10.8. The summed E-state index contributed by atoms with van der Waals surface area (Å²) in [7, 11) is 2.76. The van der Waals surface area contributed by atoms with Gasteiger partial charge in [-0.25, -0.2) is 0 Å². The van der Waals surface area contributed by atoms with Crippen LogP contribution in [0.25, 0.3) is 32.3 Å². The highest BCUT2D eigenvalue weighted by atomic mass is 28.2. The minimum absolute atomic E-state index is 0.0778. The monoisotopic (exact) mass is 306 g/mol. The topological polar surface area (TPSA) is 18.5 Å². The van der Waals surface area contributed by atoms with Crippen molar-refractivity contribution in [3.8, 4) is 0 Å². The van der Waals surface area contributed by atoms with Crippen LogP contribution < -0.4 is 5.19 Å². The number of benzene rings is 4. The highest BCUT2D eigenvalue weighted by Crippen LogP contribution is 2.33. The molecular weight excluding hydrogens is 288 g/mol. The Morgan fingerprint density at radius 2 is 1.41 bits per heavy atom. The first-order valence-electron chi connectivity index (χ1n) is 7.53. The fraction of sp³-hybridized carbons (Fsp3) is 0.158. The summed E-state index contributed by atoms with van der Waals surface area (Å²) in [5.74, 6) is -0.0778. The molecule has 0 bridgehead atoms.